The molecule has 1 nitrogen and oxygen atoms in total. The lowest BCUT2D eigenvalue weighted by Crippen LogP contribution is -2.08. The fraction of sp³-hybridized carbons (Fsp3) is 0.294. The lowest BCUT2D eigenvalue weighted by Gasteiger charge is -2.15. The summed E-state index contributed by atoms with van der Waals surface area (Å²) in [7, 11) is 0. The van der Waals surface area contributed by atoms with Crippen LogP contribution in [0.4, 0.5) is 10.1 Å². The van der Waals surface area contributed by atoms with Crippen LogP contribution < -0.4 is 5.32 Å². The normalized spacial score (nSPS) is 17.2. The number of anilines is 1. The highest BCUT2D eigenvalue weighted by molar-refractivity contribution is 5.63. The van der Waals surface area contributed by atoms with Crippen molar-refractivity contribution < 1.29 is 4.39 Å². The molecule has 98 valence electrons. The van der Waals surface area contributed by atoms with Crippen LogP contribution in [-0.4, -0.2) is 0 Å². The van der Waals surface area contributed by atoms with E-state index in [4.69, 9.17) is 0 Å². The van der Waals surface area contributed by atoms with E-state index in [1.54, 1.807) is 6.07 Å². The van der Waals surface area contributed by atoms with Crippen molar-refractivity contribution in [3.8, 4) is 0 Å². The molecule has 1 unspecified atom stereocenters. The van der Waals surface area contributed by atoms with Gasteiger partial charge in [-0.3, -0.25) is 0 Å². The molecule has 0 spiro atoms. The Hall–Kier alpha value is -1.83. The Labute approximate surface area is 113 Å². The fourth-order valence-electron chi connectivity index (χ4n) is 2.97. The summed E-state index contributed by atoms with van der Waals surface area (Å²) < 4.78 is 13.9. The molecule has 0 aliphatic carbocycles. The van der Waals surface area contributed by atoms with Gasteiger partial charge >= 0.3 is 0 Å². The summed E-state index contributed by atoms with van der Waals surface area (Å²) in [6.07, 6.45) is 0.729. The molecule has 1 heterocycles. The Morgan fingerprint density at radius 3 is 2.53 bits per heavy atom. The molecule has 19 heavy (non-hydrogen) atoms. The van der Waals surface area contributed by atoms with Crippen LogP contribution in [0.1, 0.15) is 33.9 Å². The Morgan fingerprint density at radius 1 is 1.05 bits per heavy atom. The number of aryl methyl sites for hydroxylation is 3. The van der Waals surface area contributed by atoms with Crippen LogP contribution in [0.5, 0.6) is 0 Å². The molecule has 0 bridgehead atoms. The summed E-state index contributed by atoms with van der Waals surface area (Å²) in [6, 6.07) is 10.1. The molecular weight excluding hydrogens is 237 g/mol. The Morgan fingerprint density at radius 2 is 1.84 bits per heavy atom. The first kappa shape index (κ1) is 12.2. The minimum atomic E-state index is -0.0969. The summed E-state index contributed by atoms with van der Waals surface area (Å²) in [5, 5.41) is 3.48. The predicted octanol–water partition coefficient (Wildman–Crippen LogP) is 4.46. The molecule has 1 aliphatic heterocycles. The molecule has 1 aliphatic rings. The van der Waals surface area contributed by atoms with Crippen molar-refractivity contribution in [2.24, 2.45) is 0 Å². The van der Waals surface area contributed by atoms with Crippen LogP contribution in [-0.2, 0) is 6.42 Å². The number of benzene rings is 2. The number of hydrogen-bond donors (Lipinski definition) is 1. The molecule has 2 aromatic rings. The Bertz CT molecular complexity index is 615. The van der Waals surface area contributed by atoms with Crippen LogP contribution in [0.25, 0.3) is 0 Å². The van der Waals surface area contributed by atoms with E-state index >= 15 is 0 Å². The van der Waals surface area contributed by atoms with Crippen molar-refractivity contribution >= 4 is 5.69 Å². The van der Waals surface area contributed by atoms with E-state index in [1.165, 1.54) is 16.7 Å². The number of fused-ring (bicyclic) bond motifs is 1. The van der Waals surface area contributed by atoms with Crippen LogP contribution >= 0.6 is 0 Å². The minimum Gasteiger partial charge on any atom is -0.377 e. The monoisotopic (exact) mass is 255 g/mol. The van der Waals surface area contributed by atoms with Gasteiger partial charge < -0.3 is 5.32 Å². The highest BCUT2D eigenvalue weighted by Gasteiger charge is 2.26. The van der Waals surface area contributed by atoms with E-state index in [2.05, 4.69) is 37.4 Å². The van der Waals surface area contributed by atoms with Gasteiger partial charge in [-0.2, -0.15) is 0 Å². The molecule has 0 aromatic heterocycles. The van der Waals surface area contributed by atoms with E-state index in [9.17, 15) is 4.39 Å². The average molecular weight is 255 g/mol. The zero-order chi connectivity index (χ0) is 13.6. The maximum atomic E-state index is 13.9. The lowest BCUT2D eigenvalue weighted by molar-refractivity contribution is 0.609. The molecule has 0 fully saturated rings. The van der Waals surface area contributed by atoms with Crippen LogP contribution in [0.15, 0.2) is 30.3 Å². The molecule has 2 heteroatoms. The van der Waals surface area contributed by atoms with Gasteiger partial charge in [-0.05, 0) is 43.5 Å². The predicted molar refractivity (Wildman–Crippen MR) is 77.1 cm³/mol. The number of halogens is 1. The molecule has 2 aromatic carbocycles. The van der Waals surface area contributed by atoms with Gasteiger partial charge in [-0.25, -0.2) is 4.39 Å². The van der Waals surface area contributed by atoms with E-state index in [0.29, 0.717) is 0 Å². The van der Waals surface area contributed by atoms with Crippen LogP contribution in [0.3, 0.4) is 0 Å². The van der Waals surface area contributed by atoms with E-state index < -0.39 is 0 Å². The summed E-state index contributed by atoms with van der Waals surface area (Å²) in [6.45, 7) is 6.24. The van der Waals surface area contributed by atoms with Crippen molar-refractivity contribution in [2.45, 2.75) is 33.2 Å². The molecule has 0 radical (unpaired) electrons. The maximum Gasteiger partial charge on any atom is 0.128 e. The second kappa shape index (κ2) is 4.37. The van der Waals surface area contributed by atoms with Gasteiger partial charge in [0.2, 0.25) is 0 Å². The number of hydrogen-bond acceptors (Lipinski definition) is 1. The summed E-state index contributed by atoms with van der Waals surface area (Å²) in [5.74, 6) is -0.0969. The van der Waals surface area contributed by atoms with Gasteiger partial charge in [0, 0.05) is 17.7 Å². The fourth-order valence-corrected chi connectivity index (χ4v) is 2.97. The molecule has 0 saturated carbocycles. The molecule has 3 rings (SSSR count). The molecule has 1 atom stereocenters. The third kappa shape index (κ3) is 2.01. The van der Waals surface area contributed by atoms with Gasteiger partial charge in [0.15, 0.2) is 0 Å². The van der Waals surface area contributed by atoms with Gasteiger partial charge in [0.25, 0.3) is 0 Å². The molecule has 0 amide bonds. The number of rotatable bonds is 1. The first-order chi connectivity index (χ1) is 9.06. The largest absolute Gasteiger partial charge is 0.377 e. The zero-order valence-corrected chi connectivity index (χ0v) is 11.5. The molecule has 0 saturated heterocycles. The Kier molecular flexibility index (Phi) is 2.81. The second-order valence-corrected chi connectivity index (χ2v) is 5.48. The smallest absolute Gasteiger partial charge is 0.128 e. The van der Waals surface area contributed by atoms with E-state index in [1.807, 2.05) is 13.0 Å². The topological polar surface area (TPSA) is 12.0 Å². The van der Waals surface area contributed by atoms with Crippen LogP contribution in [0, 0.1) is 26.6 Å². The highest BCUT2D eigenvalue weighted by Crippen LogP contribution is 2.38. The molecular formula is C17H18FN. The van der Waals surface area contributed by atoms with Crippen molar-refractivity contribution in [2.75, 3.05) is 5.32 Å². The van der Waals surface area contributed by atoms with E-state index in [-0.39, 0.29) is 11.9 Å². The second-order valence-electron chi connectivity index (χ2n) is 5.48. The first-order valence-electron chi connectivity index (χ1n) is 6.68. The van der Waals surface area contributed by atoms with E-state index in [0.717, 1.165) is 23.2 Å². The number of nitrogens with one attached hydrogen (secondary N) is 1. The third-order valence-corrected chi connectivity index (χ3v) is 3.99. The first-order valence-corrected chi connectivity index (χ1v) is 6.68. The van der Waals surface area contributed by atoms with Crippen molar-refractivity contribution in [1.29, 1.82) is 0 Å². The maximum absolute atomic E-state index is 13.9. The van der Waals surface area contributed by atoms with Gasteiger partial charge in [0.1, 0.15) is 5.82 Å². The van der Waals surface area contributed by atoms with Gasteiger partial charge in [-0.1, -0.05) is 29.8 Å². The lowest BCUT2D eigenvalue weighted by atomic mass is 9.97. The van der Waals surface area contributed by atoms with Crippen molar-refractivity contribution in [3.63, 3.8) is 0 Å². The SMILES string of the molecule is Cc1ccc(C2Cc3c(F)ccc(C)c3N2)c(C)c1. The summed E-state index contributed by atoms with van der Waals surface area (Å²) in [5.41, 5.74) is 6.71. The van der Waals surface area contributed by atoms with Crippen molar-refractivity contribution in [1.82, 2.24) is 0 Å². The zero-order valence-electron chi connectivity index (χ0n) is 11.5. The highest BCUT2D eigenvalue weighted by atomic mass is 19.1. The van der Waals surface area contributed by atoms with Crippen molar-refractivity contribution in [3.05, 3.63) is 64.0 Å². The Balaban J connectivity index is 2.00. The molecule has 1 N–H and O–H groups in total. The average Bonchev–Trinajstić information content (AvgIpc) is 2.80. The standard InChI is InChI=1S/C17H18FN/c1-10-4-6-13(12(3)8-10)16-9-14-15(18)7-5-11(2)17(14)19-16/h4-8,16,19H,9H2,1-3H3. The minimum absolute atomic E-state index is 0.0969. The quantitative estimate of drug-likeness (QED) is 0.793. The summed E-state index contributed by atoms with van der Waals surface area (Å²) >= 11 is 0. The third-order valence-electron chi connectivity index (χ3n) is 3.99. The summed E-state index contributed by atoms with van der Waals surface area (Å²) in [4.78, 5) is 0. The van der Waals surface area contributed by atoms with Crippen LogP contribution in [0.2, 0.25) is 0 Å². The van der Waals surface area contributed by atoms with Gasteiger partial charge in [0.05, 0.1) is 6.04 Å². The van der Waals surface area contributed by atoms with Gasteiger partial charge in [-0.15, -0.1) is 0 Å².